The highest BCUT2D eigenvalue weighted by Gasteiger charge is 2.43. The number of likely N-dealkylation sites (tertiary alicyclic amines) is 1. The minimum atomic E-state index is -0.453. The van der Waals surface area contributed by atoms with Crippen LogP contribution in [0, 0.1) is 5.82 Å². The van der Waals surface area contributed by atoms with E-state index in [1.807, 2.05) is 39.1 Å². The van der Waals surface area contributed by atoms with Crippen LogP contribution in [0.1, 0.15) is 68.2 Å². The lowest BCUT2D eigenvalue weighted by Gasteiger charge is -2.53. The molecule has 1 saturated heterocycles. The van der Waals surface area contributed by atoms with E-state index >= 15 is 0 Å². The van der Waals surface area contributed by atoms with Crippen LogP contribution in [-0.2, 0) is 0 Å². The lowest BCUT2D eigenvalue weighted by atomic mass is 9.77. The van der Waals surface area contributed by atoms with Crippen molar-refractivity contribution in [2.24, 2.45) is 0 Å². The molecule has 1 aromatic heterocycles. The van der Waals surface area contributed by atoms with Crippen molar-refractivity contribution in [3.05, 3.63) is 30.2 Å². The largest absolute Gasteiger partial charge is 0.489 e. The average Bonchev–Trinajstić information content (AvgIpc) is 2.74. The summed E-state index contributed by atoms with van der Waals surface area (Å²) in [7, 11) is 4.20. The zero-order valence-corrected chi connectivity index (χ0v) is 23.0. The molecule has 0 unspecified atom stereocenters. The van der Waals surface area contributed by atoms with Gasteiger partial charge in [0.15, 0.2) is 11.6 Å². The maximum atomic E-state index is 14.7. The Kier molecular flexibility index (Phi) is 7.84. The summed E-state index contributed by atoms with van der Waals surface area (Å²) in [4.78, 5) is 13.2. The molecule has 1 aliphatic heterocycles. The monoisotopic (exact) mass is 486 g/mol. The van der Waals surface area contributed by atoms with Crippen molar-refractivity contribution < 1.29 is 9.13 Å². The lowest BCUT2D eigenvalue weighted by Crippen LogP contribution is -2.61. The van der Waals surface area contributed by atoms with Crippen molar-refractivity contribution in [3.8, 4) is 5.75 Å². The maximum Gasteiger partial charge on any atom is 0.229 e. The molecule has 0 radical (unpaired) electrons. The predicted octanol–water partition coefficient (Wildman–Crippen LogP) is 6.05. The number of nitrogens with one attached hydrogen (secondary N) is 2. The van der Waals surface area contributed by atoms with Crippen LogP contribution in [0.5, 0.6) is 5.75 Å². The molecule has 0 saturated carbocycles. The molecule has 35 heavy (non-hydrogen) atoms. The van der Waals surface area contributed by atoms with Crippen molar-refractivity contribution in [2.75, 3.05) is 29.6 Å². The summed E-state index contributed by atoms with van der Waals surface area (Å²) < 4.78 is 20.7. The molecule has 0 spiro atoms. The predicted molar refractivity (Wildman–Crippen MR) is 144 cm³/mol. The Labute approximate surface area is 210 Å². The highest BCUT2D eigenvalue weighted by Crippen LogP contribution is 2.38. The first-order valence-electron chi connectivity index (χ1n) is 12.5. The first-order chi connectivity index (χ1) is 16.2. The van der Waals surface area contributed by atoms with Gasteiger partial charge in [-0.15, -0.1) is 0 Å². The van der Waals surface area contributed by atoms with Gasteiger partial charge >= 0.3 is 0 Å². The number of rotatable bonds is 8. The van der Waals surface area contributed by atoms with E-state index in [2.05, 4.69) is 79.0 Å². The SMILES string of the molecule is CC(C)Oc1ccc(Nc2ncc(F)c(NC3CC(C)(C)N(C)C(C)(C)C3)n2)cc1N(C)C(C)C. The minimum absolute atomic E-state index is 0.0113. The number of hydrogen-bond acceptors (Lipinski definition) is 7. The van der Waals surface area contributed by atoms with Gasteiger partial charge in [0.25, 0.3) is 0 Å². The minimum Gasteiger partial charge on any atom is -0.489 e. The van der Waals surface area contributed by atoms with Crippen molar-refractivity contribution in [1.82, 2.24) is 14.9 Å². The standard InChI is InChI=1S/C27H43FN6O/c1-17(2)33(9)22-13-19(11-12-23(22)35-18(3)4)31-25-29-16-21(28)24(32-25)30-20-14-26(5,6)34(10)27(7,8)15-20/h11-13,16-18,20H,14-15H2,1-10H3,(H2,29,30,31,32). The number of benzene rings is 1. The van der Waals surface area contributed by atoms with E-state index in [1.165, 1.54) is 6.20 Å². The summed E-state index contributed by atoms with van der Waals surface area (Å²) in [6.45, 7) is 17.2. The van der Waals surface area contributed by atoms with Crippen molar-refractivity contribution in [1.29, 1.82) is 0 Å². The summed E-state index contributed by atoms with van der Waals surface area (Å²) in [5.74, 6) is 0.932. The molecule has 1 fully saturated rings. The molecule has 0 amide bonds. The van der Waals surface area contributed by atoms with E-state index in [4.69, 9.17) is 4.74 Å². The van der Waals surface area contributed by atoms with Gasteiger partial charge < -0.3 is 20.3 Å². The smallest absolute Gasteiger partial charge is 0.229 e. The molecule has 2 heterocycles. The summed E-state index contributed by atoms with van der Waals surface area (Å²) in [6, 6.07) is 6.28. The van der Waals surface area contributed by atoms with Gasteiger partial charge in [0.2, 0.25) is 5.95 Å². The Morgan fingerprint density at radius 3 is 2.31 bits per heavy atom. The molecular weight excluding hydrogens is 443 g/mol. The number of halogens is 1. The van der Waals surface area contributed by atoms with E-state index in [0.29, 0.717) is 12.0 Å². The summed E-state index contributed by atoms with van der Waals surface area (Å²) in [5, 5.41) is 6.61. The van der Waals surface area contributed by atoms with Crippen molar-refractivity contribution in [3.63, 3.8) is 0 Å². The second-order valence-corrected chi connectivity index (χ2v) is 11.5. The van der Waals surface area contributed by atoms with Gasteiger partial charge in [0.1, 0.15) is 5.75 Å². The van der Waals surface area contributed by atoms with Gasteiger partial charge in [-0.3, -0.25) is 4.90 Å². The highest BCUT2D eigenvalue weighted by molar-refractivity contribution is 5.69. The third-order valence-corrected chi connectivity index (χ3v) is 7.13. The molecule has 1 aliphatic rings. The molecule has 0 atom stereocenters. The van der Waals surface area contributed by atoms with E-state index in [-0.39, 0.29) is 29.0 Å². The van der Waals surface area contributed by atoms with Crippen LogP contribution in [0.4, 0.5) is 27.5 Å². The van der Waals surface area contributed by atoms with Gasteiger partial charge in [-0.05, 0) is 93.5 Å². The number of ether oxygens (including phenoxy) is 1. The molecule has 3 rings (SSSR count). The fraction of sp³-hybridized carbons (Fsp3) is 0.630. The fourth-order valence-electron chi connectivity index (χ4n) is 4.83. The zero-order valence-electron chi connectivity index (χ0n) is 23.0. The normalized spacial score (nSPS) is 18.1. The van der Waals surface area contributed by atoms with E-state index < -0.39 is 5.82 Å². The van der Waals surface area contributed by atoms with Gasteiger partial charge in [-0.1, -0.05) is 0 Å². The Balaban J connectivity index is 1.83. The second kappa shape index (κ2) is 10.2. The van der Waals surface area contributed by atoms with Crippen LogP contribution in [0.2, 0.25) is 0 Å². The topological polar surface area (TPSA) is 65.5 Å². The first-order valence-corrected chi connectivity index (χ1v) is 12.5. The maximum absolute atomic E-state index is 14.7. The Morgan fingerprint density at radius 1 is 1.11 bits per heavy atom. The second-order valence-electron chi connectivity index (χ2n) is 11.5. The molecule has 7 nitrogen and oxygen atoms in total. The third-order valence-electron chi connectivity index (χ3n) is 7.13. The third kappa shape index (κ3) is 6.34. The molecule has 2 aromatic rings. The fourth-order valence-corrected chi connectivity index (χ4v) is 4.83. The summed E-state index contributed by atoms with van der Waals surface area (Å²) in [5.41, 5.74) is 1.75. The van der Waals surface area contributed by atoms with Crippen LogP contribution >= 0.6 is 0 Å². The zero-order chi connectivity index (χ0) is 26.1. The quantitative estimate of drug-likeness (QED) is 0.470. The Morgan fingerprint density at radius 2 is 1.74 bits per heavy atom. The Hall–Kier alpha value is -2.61. The molecule has 8 heteroatoms. The van der Waals surface area contributed by atoms with Crippen LogP contribution in [0.25, 0.3) is 0 Å². The van der Waals surface area contributed by atoms with Crippen LogP contribution in [0.3, 0.4) is 0 Å². The van der Waals surface area contributed by atoms with Crippen LogP contribution in [-0.4, -0.2) is 58.2 Å². The summed E-state index contributed by atoms with van der Waals surface area (Å²) in [6.07, 6.45) is 3.07. The van der Waals surface area contributed by atoms with Crippen LogP contribution < -0.4 is 20.3 Å². The molecule has 194 valence electrons. The van der Waals surface area contributed by atoms with Gasteiger partial charge in [0, 0.05) is 35.9 Å². The Bertz CT molecular complexity index is 1000. The molecule has 1 aromatic carbocycles. The highest BCUT2D eigenvalue weighted by atomic mass is 19.1. The van der Waals surface area contributed by atoms with Gasteiger partial charge in [-0.25, -0.2) is 9.37 Å². The molecule has 2 N–H and O–H groups in total. The molecule has 0 aliphatic carbocycles. The van der Waals surface area contributed by atoms with Crippen LogP contribution in [0.15, 0.2) is 24.4 Å². The molecular formula is C27H43FN6O. The van der Waals surface area contributed by atoms with E-state index in [1.54, 1.807) is 0 Å². The lowest BCUT2D eigenvalue weighted by molar-refractivity contribution is -0.00778. The van der Waals surface area contributed by atoms with Crippen molar-refractivity contribution in [2.45, 2.75) is 97.5 Å². The van der Waals surface area contributed by atoms with Gasteiger partial charge in [-0.2, -0.15) is 4.98 Å². The number of piperidine rings is 1. The molecule has 0 bridgehead atoms. The van der Waals surface area contributed by atoms with E-state index in [0.717, 1.165) is 30.0 Å². The first kappa shape index (κ1) is 27.0. The number of hydrogen-bond donors (Lipinski definition) is 2. The summed E-state index contributed by atoms with van der Waals surface area (Å²) >= 11 is 0. The van der Waals surface area contributed by atoms with E-state index in [9.17, 15) is 4.39 Å². The number of nitrogens with zero attached hydrogens (tertiary/aromatic N) is 4. The van der Waals surface area contributed by atoms with Gasteiger partial charge in [0.05, 0.1) is 18.0 Å². The number of aromatic nitrogens is 2. The average molecular weight is 487 g/mol. The number of anilines is 4. The van der Waals surface area contributed by atoms with Crippen molar-refractivity contribution >= 4 is 23.1 Å².